The summed E-state index contributed by atoms with van der Waals surface area (Å²) in [5, 5.41) is 0.967. The van der Waals surface area contributed by atoms with E-state index in [1.165, 1.54) is 16.2 Å². The molecule has 2 heterocycles. The number of benzene rings is 1. The van der Waals surface area contributed by atoms with Crippen molar-refractivity contribution in [2.75, 3.05) is 19.8 Å². The smallest absolute Gasteiger partial charge is 0.348 e. The Morgan fingerprint density at radius 1 is 1.19 bits per heavy atom. The van der Waals surface area contributed by atoms with Crippen molar-refractivity contribution in [3.8, 4) is 0 Å². The summed E-state index contributed by atoms with van der Waals surface area (Å²) in [6.45, 7) is 2.11. The predicted molar refractivity (Wildman–Crippen MR) is 98.1 cm³/mol. The van der Waals surface area contributed by atoms with Crippen molar-refractivity contribution in [1.82, 2.24) is 4.90 Å². The van der Waals surface area contributed by atoms with Gasteiger partial charge in [0.2, 0.25) is 0 Å². The van der Waals surface area contributed by atoms with E-state index < -0.39 is 18.0 Å². The van der Waals surface area contributed by atoms with Crippen molar-refractivity contribution in [1.29, 1.82) is 0 Å². The van der Waals surface area contributed by atoms with Gasteiger partial charge in [-0.15, -0.1) is 11.3 Å². The fraction of sp³-hybridized carbons (Fsp3) is 0.421. The molecule has 0 radical (unpaired) electrons. The first-order chi connectivity index (χ1) is 12.6. The van der Waals surface area contributed by atoms with Crippen LogP contribution in [0.25, 0.3) is 10.1 Å². The van der Waals surface area contributed by atoms with Gasteiger partial charge in [0.1, 0.15) is 10.9 Å². The molecule has 0 aliphatic carbocycles. The Balaban J connectivity index is 1.61. The van der Waals surface area contributed by atoms with E-state index in [4.69, 9.17) is 9.47 Å². The number of piperidine rings is 1. The fourth-order valence-electron chi connectivity index (χ4n) is 3.08. The number of thiophene rings is 1. The molecule has 0 saturated carbocycles. The van der Waals surface area contributed by atoms with Crippen LogP contribution in [-0.2, 0) is 19.1 Å². The number of fused-ring (bicyclic) bond motifs is 1. The van der Waals surface area contributed by atoms with Crippen LogP contribution in [0, 0.1) is 0 Å². The largest absolute Gasteiger partial charge is 0.464 e. The van der Waals surface area contributed by atoms with Crippen molar-refractivity contribution in [2.24, 2.45) is 0 Å². The molecule has 1 aliphatic heterocycles. The highest BCUT2D eigenvalue weighted by atomic mass is 32.1. The second-order valence-electron chi connectivity index (χ2n) is 6.08. The minimum Gasteiger partial charge on any atom is -0.464 e. The molecule has 1 aromatic carbocycles. The highest BCUT2D eigenvalue weighted by Crippen LogP contribution is 2.26. The first kappa shape index (κ1) is 18.4. The monoisotopic (exact) mass is 375 g/mol. The first-order valence-electron chi connectivity index (χ1n) is 8.72. The third-order valence-corrected chi connectivity index (χ3v) is 5.43. The number of amides is 1. The summed E-state index contributed by atoms with van der Waals surface area (Å²) >= 11 is 1.33. The van der Waals surface area contributed by atoms with Gasteiger partial charge in [-0.25, -0.2) is 9.59 Å². The van der Waals surface area contributed by atoms with Crippen LogP contribution in [0.3, 0.4) is 0 Å². The molecule has 0 unspecified atom stereocenters. The maximum atomic E-state index is 12.5. The van der Waals surface area contributed by atoms with Crippen molar-refractivity contribution >= 4 is 39.3 Å². The van der Waals surface area contributed by atoms with Crippen LogP contribution >= 0.6 is 11.3 Å². The number of likely N-dealkylation sites (tertiary alicyclic amines) is 1. The maximum absolute atomic E-state index is 12.5. The van der Waals surface area contributed by atoms with E-state index in [2.05, 4.69) is 0 Å². The Kier molecular flexibility index (Phi) is 5.88. The van der Waals surface area contributed by atoms with Gasteiger partial charge in [-0.2, -0.15) is 0 Å². The average molecular weight is 375 g/mol. The van der Waals surface area contributed by atoms with Gasteiger partial charge in [0.25, 0.3) is 5.91 Å². The van der Waals surface area contributed by atoms with Gasteiger partial charge in [0, 0.05) is 11.2 Å². The lowest BCUT2D eigenvalue weighted by Crippen LogP contribution is -2.50. The lowest BCUT2D eigenvalue weighted by atomic mass is 10.0. The molecule has 26 heavy (non-hydrogen) atoms. The summed E-state index contributed by atoms with van der Waals surface area (Å²) in [5.74, 6) is -1.28. The molecule has 3 rings (SSSR count). The Morgan fingerprint density at radius 2 is 2.00 bits per heavy atom. The quantitative estimate of drug-likeness (QED) is 0.751. The van der Waals surface area contributed by atoms with E-state index in [-0.39, 0.29) is 19.1 Å². The second kappa shape index (κ2) is 8.31. The van der Waals surface area contributed by atoms with Gasteiger partial charge in [0.05, 0.1) is 6.61 Å². The molecule has 7 heteroatoms. The zero-order valence-corrected chi connectivity index (χ0v) is 15.4. The highest BCUT2D eigenvalue weighted by Gasteiger charge is 2.33. The third-order valence-electron chi connectivity index (χ3n) is 4.34. The number of hydrogen-bond donors (Lipinski definition) is 0. The molecule has 1 aliphatic rings. The Bertz CT molecular complexity index is 782. The topological polar surface area (TPSA) is 72.9 Å². The van der Waals surface area contributed by atoms with Crippen molar-refractivity contribution in [2.45, 2.75) is 32.2 Å². The van der Waals surface area contributed by atoms with Crippen LogP contribution < -0.4 is 0 Å². The van der Waals surface area contributed by atoms with E-state index in [0.29, 0.717) is 17.8 Å². The van der Waals surface area contributed by atoms with Crippen molar-refractivity contribution < 1.29 is 23.9 Å². The van der Waals surface area contributed by atoms with Gasteiger partial charge < -0.3 is 14.4 Å². The Morgan fingerprint density at radius 3 is 2.77 bits per heavy atom. The number of ether oxygens (including phenoxy) is 2. The van der Waals surface area contributed by atoms with Crippen molar-refractivity contribution in [3.05, 3.63) is 35.2 Å². The molecule has 2 aromatic rings. The lowest BCUT2D eigenvalue weighted by Gasteiger charge is -2.33. The molecule has 1 fully saturated rings. The van der Waals surface area contributed by atoms with E-state index >= 15 is 0 Å². The van der Waals surface area contributed by atoms with Gasteiger partial charge in [0.15, 0.2) is 6.61 Å². The number of carbonyl (C=O) groups is 3. The molecular formula is C19H21NO5S. The van der Waals surface area contributed by atoms with Gasteiger partial charge in [-0.3, -0.25) is 4.79 Å². The van der Waals surface area contributed by atoms with Crippen molar-refractivity contribution in [3.63, 3.8) is 0 Å². The summed E-state index contributed by atoms with van der Waals surface area (Å²) in [7, 11) is 0. The zero-order valence-electron chi connectivity index (χ0n) is 14.6. The van der Waals surface area contributed by atoms with Crippen LogP contribution in [0.1, 0.15) is 35.9 Å². The molecular weight excluding hydrogens is 354 g/mol. The standard InChI is InChI=1S/C19H21NO5S/c1-2-24-18(22)14-8-5-6-10-20(14)17(21)12-25-19(23)16-11-13-7-3-4-9-15(13)26-16/h3-4,7,9,11,14H,2,5-6,8,10,12H2,1H3/t14-/m0/s1. The Hall–Kier alpha value is -2.41. The minimum absolute atomic E-state index is 0.276. The van der Waals surface area contributed by atoms with E-state index in [0.717, 1.165) is 22.9 Å². The van der Waals surface area contributed by atoms with Gasteiger partial charge in [-0.1, -0.05) is 18.2 Å². The summed E-state index contributed by atoms with van der Waals surface area (Å²) in [5.41, 5.74) is 0. The molecule has 0 bridgehead atoms. The molecule has 1 saturated heterocycles. The zero-order chi connectivity index (χ0) is 18.5. The second-order valence-corrected chi connectivity index (χ2v) is 7.16. The number of hydrogen-bond acceptors (Lipinski definition) is 6. The molecule has 1 amide bonds. The summed E-state index contributed by atoms with van der Waals surface area (Å²) in [6, 6.07) is 8.84. The lowest BCUT2D eigenvalue weighted by molar-refractivity contribution is -0.157. The van der Waals surface area contributed by atoms with Crippen LogP contribution in [0.4, 0.5) is 0 Å². The summed E-state index contributed by atoms with van der Waals surface area (Å²) in [4.78, 5) is 38.7. The predicted octanol–water partition coefficient (Wildman–Crippen LogP) is 3.00. The Labute approximate surface area is 155 Å². The van der Waals surface area contributed by atoms with E-state index in [1.54, 1.807) is 13.0 Å². The van der Waals surface area contributed by atoms with Gasteiger partial charge >= 0.3 is 11.9 Å². The minimum atomic E-state index is -0.584. The SMILES string of the molecule is CCOC(=O)[C@@H]1CCCCN1C(=O)COC(=O)c1cc2ccccc2s1. The molecule has 1 atom stereocenters. The van der Waals surface area contributed by atoms with Crippen LogP contribution in [0.2, 0.25) is 0 Å². The normalized spacial score (nSPS) is 17.1. The molecule has 6 nitrogen and oxygen atoms in total. The molecule has 138 valence electrons. The summed E-state index contributed by atoms with van der Waals surface area (Å²) < 4.78 is 11.2. The highest BCUT2D eigenvalue weighted by molar-refractivity contribution is 7.20. The first-order valence-corrected chi connectivity index (χ1v) is 9.53. The van der Waals surface area contributed by atoms with E-state index in [9.17, 15) is 14.4 Å². The fourth-order valence-corrected chi connectivity index (χ4v) is 4.03. The van der Waals surface area contributed by atoms with Crippen LogP contribution in [0.15, 0.2) is 30.3 Å². The van der Waals surface area contributed by atoms with Gasteiger partial charge in [-0.05, 0) is 43.7 Å². The maximum Gasteiger partial charge on any atom is 0.348 e. The number of nitrogens with zero attached hydrogens (tertiary/aromatic N) is 1. The molecule has 0 spiro atoms. The van der Waals surface area contributed by atoms with E-state index in [1.807, 2.05) is 24.3 Å². The molecule has 0 N–H and O–H groups in total. The van der Waals surface area contributed by atoms with Crippen LogP contribution in [0.5, 0.6) is 0 Å². The number of carbonyl (C=O) groups excluding carboxylic acids is 3. The van der Waals surface area contributed by atoms with Crippen LogP contribution in [-0.4, -0.2) is 48.5 Å². The number of esters is 2. The summed E-state index contributed by atoms with van der Waals surface area (Å²) in [6.07, 6.45) is 2.27. The average Bonchev–Trinajstić information content (AvgIpc) is 3.10. The molecule has 1 aromatic heterocycles. The number of rotatable bonds is 5. The third kappa shape index (κ3) is 4.04.